The molecule has 1 aliphatic rings. The molecule has 4 heteroatoms. The van der Waals surface area contributed by atoms with Crippen molar-refractivity contribution in [1.29, 1.82) is 0 Å². The molecule has 2 N–H and O–H groups in total. The third kappa shape index (κ3) is 3.83. The van der Waals surface area contributed by atoms with Crippen LogP contribution < -0.4 is 5.73 Å². The maximum Gasteiger partial charge on any atom is 0.330 e. The summed E-state index contributed by atoms with van der Waals surface area (Å²) in [4.78, 5) is 14.8. The van der Waals surface area contributed by atoms with Gasteiger partial charge in [0.2, 0.25) is 0 Å². The topological polar surface area (TPSA) is 55.6 Å². The van der Waals surface area contributed by atoms with Crippen molar-refractivity contribution in [1.82, 2.24) is 4.90 Å². The van der Waals surface area contributed by atoms with E-state index < -0.39 is 5.54 Å². The Hall–Kier alpha value is -1.39. The minimum atomic E-state index is -1.06. The van der Waals surface area contributed by atoms with E-state index in [0.717, 1.165) is 18.7 Å². The largest absolute Gasteiger partial charge is 0.464 e. The molecule has 0 amide bonds. The molecule has 0 radical (unpaired) electrons. The second kappa shape index (κ2) is 7.05. The van der Waals surface area contributed by atoms with Gasteiger partial charge in [0.1, 0.15) is 5.54 Å². The van der Waals surface area contributed by atoms with Crippen LogP contribution in [0.1, 0.15) is 38.7 Å². The Bertz CT molecular complexity index is 459. The molecular weight excluding hydrogens is 264 g/mol. The number of hydrogen-bond acceptors (Lipinski definition) is 4. The molecule has 1 aromatic rings. The third-order valence-corrected chi connectivity index (χ3v) is 4.19. The highest BCUT2D eigenvalue weighted by Crippen LogP contribution is 2.29. The van der Waals surface area contributed by atoms with E-state index in [1.807, 2.05) is 37.3 Å². The first-order valence-corrected chi connectivity index (χ1v) is 7.87. The van der Waals surface area contributed by atoms with Gasteiger partial charge in [0.25, 0.3) is 0 Å². The minimum absolute atomic E-state index is 0.331. The van der Waals surface area contributed by atoms with Crippen LogP contribution in [0.3, 0.4) is 0 Å². The minimum Gasteiger partial charge on any atom is -0.464 e. The molecule has 1 atom stereocenters. The SMILES string of the molecule is CCOC(=O)C(N)(CCN(CC)C1CC1)c1ccccc1. The zero-order valence-corrected chi connectivity index (χ0v) is 13.0. The lowest BCUT2D eigenvalue weighted by Gasteiger charge is -2.30. The number of hydrogen-bond donors (Lipinski definition) is 1. The molecule has 116 valence electrons. The molecule has 0 aromatic heterocycles. The second-order valence-electron chi connectivity index (χ2n) is 5.67. The smallest absolute Gasteiger partial charge is 0.330 e. The van der Waals surface area contributed by atoms with Crippen molar-refractivity contribution >= 4 is 5.97 Å². The summed E-state index contributed by atoms with van der Waals surface area (Å²) in [5.74, 6) is -0.331. The molecule has 1 aliphatic carbocycles. The highest BCUT2D eigenvalue weighted by molar-refractivity contribution is 5.82. The predicted octanol–water partition coefficient (Wildman–Crippen LogP) is 2.28. The summed E-state index contributed by atoms with van der Waals surface area (Å²) in [6.45, 7) is 6.14. The zero-order chi connectivity index (χ0) is 15.3. The third-order valence-electron chi connectivity index (χ3n) is 4.19. The van der Waals surface area contributed by atoms with E-state index in [1.54, 1.807) is 0 Å². The molecular formula is C17H26N2O2. The molecule has 1 fully saturated rings. The van der Waals surface area contributed by atoms with Gasteiger partial charge in [-0.3, -0.25) is 0 Å². The first kappa shape index (κ1) is 16.0. The van der Waals surface area contributed by atoms with Crippen LogP contribution >= 0.6 is 0 Å². The number of nitrogens with zero attached hydrogens (tertiary/aromatic N) is 1. The number of carbonyl (C=O) groups excluding carboxylic acids is 1. The first-order valence-electron chi connectivity index (χ1n) is 7.87. The van der Waals surface area contributed by atoms with Gasteiger partial charge < -0.3 is 15.4 Å². The summed E-state index contributed by atoms with van der Waals surface area (Å²) in [7, 11) is 0. The lowest BCUT2D eigenvalue weighted by Crippen LogP contribution is -2.48. The lowest BCUT2D eigenvalue weighted by molar-refractivity contribution is -0.150. The number of esters is 1. The van der Waals surface area contributed by atoms with Gasteiger partial charge in [0, 0.05) is 12.6 Å². The van der Waals surface area contributed by atoms with Gasteiger partial charge in [-0.1, -0.05) is 37.3 Å². The number of nitrogens with two attached hydrogens (primary N) is 1. The molecule has 0 saturated heterocycles. The monoisotopic (exact) mass is 290 g/mol. The fourth-order valence-electron chi connectivity index (χ4n) is 2.72. The average Bonchev–Trinajstić information content (AvgIpc) is 3.33. The van der Waals surface area contributed by atoms with Gasteiger partial charge in [0.15, 0.2) is 0 Å². The van der Waals surface area contributed by atoms with E-state index >= 15 is 0 Å². The van der Waals surface area contributed by atoms with Gasteiger partial charge in [0.05, 0.1) is 6.61 Å². The first-order chi connectivity index (χ1) is 10.1. The van der Waals surface area contributed by atoms with E-state index in [4.69, 9.17) is 10.5 Å². The number of benzene rings is 1. The van der Waals surface area contributed by atoms with Crippen molar-refractivity contribution < 1.29 is 9.53 Å². The van der Waals surface area contributed by atoms with Gasteiger partial charge in [-0.15, -0.1) is 0 Å². The van der Waals surface area contributed by atoms with Gasteiger partial charge in [-0.05, 0) is 38.3 Å². The molecule has 0 spiro atoms. The van der Waals surface area contributed by atoms with E-state index in [2.05, 4.69) is 11.8 Å². The maximum atomic E-state index is 12.4. The highest BCUT2D eigenvalue weighted by Gasteiger charge is 2.39. The Kier molecular flexibility index (Phi) is 5.37. The quantitative estimate of drug-likeness (QED) is 0.746. The average molecular weight is 290 g/mol. The molecule has 1 saturated carbocycles. The van der Waals surface area contributed by atoms with Crippen LogP contribution in [0.15, 0.2) is 30.3 Å². The molecule has 4 nitrogen and oxygen atoms in total. The number of rotatable bonds is 8. The Morgan fingerprint density at radius 2 is 2.00 bits per heavy atom. The molecule has 1 aromatic carbocycles. The van der Waals surface area contributed by atoms with Gasteiger partial charge in [-0.2, -0.15) is 0 Å². The van der Waals surface area contributed by atoms with Gasteiger partial charge >= 0.3 is 5.97 Å². The van der Waals surface area contributed by atoms with E-state index in [1.165, 1.54) is 12.8 Å². The summed E-state index contributed by atoms with van der Waals surface area (Å²) in [5, 5.41) is 0. The van der Waals surface area contributed by atoms with Crippen molar-refractivity contribution in [3.8, 4) is 0 Å². The van der Waals surface area contributed by atoms with E-state index in [9.17, 15) is 4.79 Å². The van der Waals surface area contributed by atoms with Crippen LogP contribution in [0.4, 0.5) is 0 Å². The van der Waals surface area contributed by atoms with Crippen LogP contribution in [0.5, 0.6) is 0 Å². The van der Waals surface area contributed by atoms with Crippen LogP contribution in [0.25, 0.3) is 0 Å². The zero-order valence-electron chi connectivity index (χ0n) is 13.0. The summed E-state index contributed by atoms with van der Waals surface area (Å²) < 4.78 is 5.22. The predicted molar refractivity (Wildman–Crippen MR) is 83.8 cm³/mol. The van der Waals surface area contributed by atoms with Crippen molar-refractivity contribution in [3.63, 3.8) is 0 Å². The van der Waals surface area contributed by atoms with Crippen molar-refractivity contribution in [2.75, 3.05) is 19.7 Å². The summed E-state index contributed by atoms with van der Waals surface area (Å²) >= 11 is 0. The Morgan fingerprint density at radius 1 is 1.33 bits per heavy atom. The van der Waals surface area contributed by atoms with Crippen molar-refractivity contribution in [2.45, 2.75) is 44.7 Å². The number of ether oxygens (including phenoxy) is 1. The summed E-state index contributed by atoms with van der Waals surface area (Å²) in [6.07, 6.45) is 3.10. The van der Waals surface area contributed by atoms with Crippen LogP contribution in [-0.4, -0.2) is 36.6 Å². The highest BCUT2D eigenvalue weighted by atomic mass is 16.5. The number of carbonyl (C=O) groups is 1. The second-order valence-corrected chi connectivity index (χ2v) is 5.67. The normalized spacial score (nSPS) is 17.5. The van der Waals surface area contributed by atoms with Crippen LogP contribution in [0.2, 0.25) is 0 Å². The Morgan fingerprint density at radius 3 is 2.52 bits per heavy atom. The Labute approximate surface area is 127 Å². The van der Waals surface area contributed by atoms with Crippen LogP contribution in [0, 0.1) is 0 Å². The molecule has 1 unspecified atom stereocenters. The van der Waals surface area contributed by atoms with E-state index in [-0.39, 0.29) is 5.97 Å². The summed E-state index contributed by atoms with van der Waals surface area (Å²) in [5.41, 5.74) is 6.24. The Balaban J connectivity index is 2.13. The van der Waals surface area contributed by atoms with Crippen molar-refractivity contribution in [3.05, 3.63) is 35.9 Å². The lowest BCUT2D eigenvalue weighted by atomic mass is 9.87. The fraction of sp³-hybridized carbons (Fsp3) is 0.588. The van der Waals surface area contributed by atoms with E-state index in [0.29, 0.717) is 19.1 Å². The molecule has 0 heterocycles. The van der Waals surface area contributed by atoms with Gasteiger partial charge in [-0.25, -0.2) is 4.79 Å². The molecule has 0 bridgehead atoms. The molecule has 0 aliphatic heterocycles. The molecule has 2 rings (SSSR count). The summed E-state index contributed by atoms with van der Waals surface area (Å²) in [6, 6.07) is 10.2. The maximum absolute atomic E-state index is 12.4. The fourth-order valence-corrected chi connectivity index (χ4v) is 2.72. The standard InChI is InChI=1S/C17H26N2O2/c1-3-19(15-10-11-15)13-12-17(18,16(20)21-4-2)14-8-6-5-7-9-14/h5-9,15H,3-4,10-13,18H2,1-2H3. The van der Waals surface area contributed by atoms with Crippen LogP contribution in [-0.2, 0) is 15.1 Å². The molecule has 21 heavy (non-hydrogen) atoms. The van der Waals surface area contributed by atoms with Crippen molar-refractivity contribution in [2.24, 2.45) is 5.73 Å².